The lowest BCUT2D eigenvalue weighted by atomic mass is 10.2. The first-order valence-corrected chi connectivity index (χ1v) is 6.86. The number of alkyl halides is 1. The number of hydrogen-bond acceptors (Lipinski definition) is 5. The lowest BCUT2D eigenvalue weighted by Gasteiger charge is -2.16. The van der Waals surface area contributed by atoms with Crippen molar-refractivity contribution in [3.63, 3.8) is 0 Å². The molecule has 1 amide bonds. The van der Waals surface area contributed by atoms with E-state index >= 15 is 0 Å². The quantitative estimate of drug-likeness (QED) is 0.410. The summed E-state index contributed by atoms with van der Waals surface area (Å²) in [5.74, 6) is -1.48. The number of alkyl carbamates (subject to hydrolysis) is 1. The van der Waals surface area contributed by atoms with E-state index < -0.39 is 47.9 Å². The van der Waals surface area contributed by atoms with Crippen LogP contribution in [-0.2, 0) is 25.3 Å². The summed E-state index contributed by atoms with van der Waals surface area (Å²) in [5, 5.41) is 2.05. The van der Waals surface area contributed by atoms with E-state index in [-0.39, 0.29) is 5.92 Å². The molecule has 0 bridgehead atoms. The second kappa shape index (κ2) is 8.81. The highest BCUT2D eigenvalue weighted by atomic mass is 32.2. The molecule has 0 saturated heterocycles. The average molecular weight is 299 g/mol. The van der Waals surface area contributed by atoms with Crippen molar-refractivity contribution in [2.24, 2.45) is 5.92 Å². The summed E-state index contributed by atoms with van der Waals surface area (Å²) in [4.78, 5) is 22.3. The highest BCUT2D eigenvalue weighted by Crippen LogP contribution is 2.02. The van der Waals surface area contributed by atoms with Crippen LogP contribution < -0.4 is 5.32 Å². The van der Waals surface area contributed by atoms with Gasteiger partial charge in [0.2, 0.25) is 6.29 Å². The Morgan fingerprint density at radius 1 is 1.32 bits per heavy atom. The number of nitrogens with one attached hydrogen (secondary N) is 1. The molecular weight excluding hydrogens is 281 g/mol. The summed E-state index contributed by atoms with van der Waals surface area (Å²) in [6, 6.07) is 0. The number of esters is 1. The van der Waals surface area contributed by atoms with E-state index in [1.54, 1.807) is 13.8 Å². The summed E-state index contributed by atoms with van der Waals surface area (Å²) in [6.45, 7) is 4.13. The molecule has 0 fully saturated rings. The van der Waals surface area contributed by atoms with Gasteiger partial charge in [-0.2, -0.15) is 0 Å². The maximum Gasteiger partial charge on any atom is 0.410 e. The highest BCUT2D eigenvalue weighted by Gasteiger charge is 2.17. The summed E-state index contributed by atoms with van der Waals surface area (Å²) >= 11 is -2.27. The van der Waals surface area contributed by atoms with Gasteiger partial charge in [-0.25, -0.2) is 13.4 Å². The molecule has 0 spiro atoms. The molecular formula is C10H18FNO6S. The number of ether oxygens (including phenoxy) is 2. The lowest BCUT2D eigenvalue weighted by molar-refractivity contribution is -0.168. The Kier molecular flexibility index (Phi) is 8.24. The van der Waals surface area contributed by atoms with Gasteiger partial charge in [0, 0.05) is 6.92 Å². The normalized spacial score (nSPS) is 15.5. The van der Waals surface area contributed by atoms with E-state index in [0.29, 0.717) is 0 Å². The van der Waals surface area contributed by atoms with Crippen molar-refractivity contribution in [2.75, 3.05) is 12.3 Å². The van der Waals surface area contributed by atoms with Gasteiger partial charge >= 0.3 is 12.1 Å². The summed E-state index contributed by atoms with van der Waals surface area (Å²) in [7, 11) is 0. The molecule has 0 radical (unpaired) electrons. The molecule has 0 aromatic heterocycles. The van der Waals surface area contributed by atoms with E-state index in [0.717, 1.165) is 0 Å². The van der Waals surface area contributed by atoms with Crippen molar-refractivity contribution in [1.82, 2.24) is 5.32 Å². The largest absolute Gasteiger partial charge is 0.425 e. The maximum atomic E-state index is 13.0. The smallest absolute Gasteiger partial charge is 0.410 e. The summed E-state index contributed by atoms with van der Waals surface area (Å²) in [5.41, 5.74) is 0. The maximum absolute atomic E-state index is 13.0. The Labute approximate surface area is 113 Å². The standard InChI is InChI=1S/C10H18FNO6S/c1-6(2)9(13)17-7(3)18-10(14)12-4-8(11)5-19(15)16/h6-8H,4-5H2,1-3H3,(H,12,14)(H,15,16)/t7?,8-/m1/s1. The van der Waals surface area contributed by atoms with Crippen molar-refractivity contribution in [2.45, 2.75) is 33.2 Å². The predicted octanol–water partition coefficient (Wildman–Crippen LogP) is 0.818. The van der Waals surface area contributed by atoms with E-state index in [9.17, 15) is 18.2 Å². The van der Waals surface area contributed by atoms with Crippen molar-refractivity contribution < 1.29 is 32.2 Å². The molecule has 0 aliphatic heterocycles. The van der Waals surface area contributed by atoms with Gasteiger partial charge in [-0.3, -0.25) is 4.79 Å². The van der Waals surface area contributed by atoms with Gasteiger partial charge in [0.05, 0.1) is 18.2 Å². The van der Waals surface area contributed by atoms with Gasteiger partial charge in [0.15, 0.2) is 11.1 Å². The molecule has 3 atom stereocenters. The third-order valence-electron chi connectivity index (χ3n) is 1.82. The van der Waals surface area contributed by atoms with Crippen LogP contribution in [0, 0.1) is 5.92 Å². The molecule has 0 aliphatic carbocycles. The van der Waals surface area contributed by atoms with Gasteiger partial charge < -0.3 is 19.3 Å². The van der Waals surface area contributed by atoms with Crippen LogP contribution in [0.2, 0.25) is 0 Å². The molecule has 0 aromatic carbocycles. The van der Waals surface area contributed by atoms with Crippen LogP contribution in [-0.4, -0.2) is 45.6 Å². The topological polar surface area (TPSA) is 102 Å². The minimum atomic E-state index is -2.27. The van der Waals surface area contributed by atoms with E-state index in [2.05, 4.69) is 4.74 Å². The molecule has 0 aromatic rings. The average Bonchev–Trinajstić information content (AvgIpc) is 2.24. The molecule has 19 heavy (non-hydrogen) atoms. The molecule has 0 heterocycles. The number of hydrogen-bond donors (Lipinski definition) is 2. The first-order valence-electron chi connectivity index (χ1n) is 5.58. The van der Waals surface area contributed by atoms with Crippen LogP contribution in [0.1, 0.15) is 20.8 Å². The molecule has 112 valence electrons. The number of halogens is 1. The number of carbonyl (C=O) groups is 2. The first-order chi connectivity index (χ1) is 8.72. The predicted molar refractivity (Wildman–Crippen MR) is 65.4 cm³/mol. The Balaban J connectivity index is 3.91. The Hall–Kier alpha value is -1.22. The molecule has 2 unspecified atom stereocenters. The molecule has 2 N–H and O–H groups in total. The van der Waals surface area contributed by atoms with Gasteiger partial charge in [0.25, 0.3) is 0 Å². The van der Waals surface area contributed by atoms with Gasteiger partial charge in [-0.1, -0.05) is 13.8 Å². The Morgan fingerprint density at radius 3 is 2.37 bits per heavy atom. The van der Waals surface area contributed by atoms with E-state index in [4.69, 9.17) is 9.29 Å². The van der Waals surface area contributed by atoms with Gasteiger partial charge in [-0.15, -0.1) is 0 Å². The van der Waals surface area contributed by atoms with Crippen LogP contribution in [0.3, 0.4) is 0 Å². The Morgan fingerprint density at radius 2 is 1.89 bits per heavy atom. The zero-order valence-corrected chi connectivity index (χ0v) is 11.7. The molecule has 9 heteroatoms. The fraction of sp³-hybridized carbons (Fsp3) is 0.800. The third kappa shape index (κ3) is 9.37. The van der Waals surface area contributed by atoms with Crippen LogP contribution in [0.25, 0.3) is 0 Å². The van der Waals surface area contributed by atoms with Crippen molar-refractivity contribution >= 4 is 23.1 Å². The number of carbonyl (C=O) groups excluding carboxylic acids is 2. The summed E-state index contributed by atoms with van der Waals surface area (Å²) in [6.07, 6.45) is -3.73. The zero-order valence-electron chi connectivity index (χ0n) is 10.9. The Bertz CT molecular complexity index is 338. The van der Waals surface area contributed by atoms with E-state index in [1.807, 2.05) is 5.32 Å². The van der Waals surface area contributed by atoms with Crippen molar-refractivity contribution in [3.8, 4) is 0 Å². The second-order valence-electron chi connectivity index (χ2n) is 4.03. The minimum absolute atomic E-state index is 0.358. The highest BCUT2D eigenvalue weighted by molar-refractivity contribution is 7.79. The van der Waals surface area contributed by atoms with Crippen LogP contribution in [0.5, 0.6) is 0 Å². The number of rotatable bonds is 7. The molecule has 0 saturated carbocycles. The SMILES string of the molecule is CC(OC(=O)NC[C@@H](F)CS(=O)O)OC(=O)C(C)C. The zero-order chi connectivity index (χ0) is 15.0. The molecule has 7 nitrogen and oxygen atoms in total. The van der Waals surface area contributed by atoms with Crippen LogP contribution >= 0.6 is 0 Å². The van der Waals surface area contributed by atoms with E-state index in [1.165, 1.54) is 6.92 Å². The number of amides is 1. The fourth-order valence-corrected chi connectivity index (χ4v) is 1.35. The van der Waals surface area contributed by atoms with Gasteiger partial charge in [-0.05, 0) is 0 Å². The third-order valence-corrected chi connectivity index (χ3v) is 2.46. The van der Waals surface area contributed by atoms with Crippen molar-refractivity contribution in [3.05, 3.63) is 0 Å². The van der Waals surface area contributed by atoms with Gasteiger partial charge in [0.1, 0.15) is 6.17 Å². The monoisotopic (exact) mass is 299 g/mol. The van der Waals surface area contributed by atoms with Crippen LogP contribution in [0.15, 0.2) is 0 Å². The lowest BCUT2D eigenvalue weighted by Crippen LogP contribution is -2.35. The first kappa shape index (κ1) is 17.8. The fourth-order valence-electron chi connectivity index (χ4n) is 0.924. The molecule has 0 rings (SSSR count). The van der Waals surface area contributed by atoms with Crippen LogP contribution in [0.4, 0.5) is 9.18 Å². The van der Waals surface area contributed by atoms with Crippen molar-refractivity contribution in [1.29, 1.82) is 0 Å². The summed E-state index contributed by atoms with van der Waals surface area (Å²) < 4.78 is 41.0. The molecule has 0 aliphatic rings. The second-order valence-corrected chi connectivity index (χ2v) is 5.01. The minimum Gasteiger partial charge on any atom is -0.425 e.